The Morgan fingerprint density at radius 3 is 2.65 bits per heavy atom. The highest BCUT2D eigenvalue weighted by atomic mass is 16.5. The Morgan fingerprint density at radius 1 is 1.47 bits per heavy atom. The van der Waals surface area contributed by atoms with Gasteiger partial charge in [0.15, 0.2) is 0 Å². The maximum absolute atomic E-state index is 5.57. The molecule has 0 saturated heterocycles. The lowest BCUT2D eigenvalue weighted by molar-refractivity contribution is 0.0112. The number of methoxy groups -OCH3 is 1. The van der Waals surface area contributed by atoms with E-state index in [0.29, 0.717) is 0 Å². The van der Waals surface area contributed by atoms with Crippen molar-refractivity contribution >= 4 is 0 Å². The summed E-state index contributed by atoms with van der Waals surface area (Å²) in [7, 11) is 1.76. The smallest absolute Gasteiger partial charge is 0.123 e. The molecule has 0 radical (unpaired) electrons. The van der Waals surface area contributed by atoms with Crippen molar-refractivity contribution in [3.63, 3.8) is 0 Å². The highest BCUT2D eigenvalue weighted by Gasteiger charge is 2.22. The van der Waals surface area contributed by atoms with Gasteiger partial charge in [-0.3, -0.25) is 0 Å². The molecule has 1 aromatic heterocycles. The van der Waals surface area contributed by atoms with Gasteiger partial charge in [-0.05, 0) is 51.8 Å². The molecule has 3 nitrogen and oxygen atoms in total. The summed E-state index contributed by atoms with van der Waals surface area (Å²) in [4.78, 5) is 0. The van der Waals surface area contributed by atoms with Crippen molar-refractivity contribution in [3.8, 4) is 0 Å². The Kier molecular flexibility index (Phi) is 5.22. The zero-order valence-corrected chi connectivity index (χ0v) is 11.7. The van der Waals surface area contributed by atoms with Crippen LogP contribution in [0.4, 0.5) is 0 Å². The van der Waals surface area contributed by atoms with Crippen molar-refractivity contribution < 1.29 is 9.15 Å². The molecule has 1 unspecified atom stereocenters. The molecule has 1 aromatic rings. The number of rotatable bonds is 7. The van der Waals surface area contributed by atoms with E-state index in [4.69, 9.17) is 9.15 Å². The van der Waals surface area contributed by atoms with Crippen LogP contribution in [0.3, 0.4) is 0 Å². The average Bonchev–Trinajstić information content (AvgIpc) is 2.71. The zero-order valence-electron chi connectivity index (χ0n) is 11.7. The van der Waals surface area contributed by atoms with Crippen molar-refractivity contribution in [2.45, 2.75) is 52.2 Å². The predicted octanol–water partition coefficient (Wildman–Crippen LogP) is 3.44. The van der Waals surface area contributed by atoms with Crippen molar-refractivity contribution in [2.24, 2.45) is 0 Å². The first-order valence-electron chi connectivity index (χ1n) is 6.32. The van der Waals surface area contributed by atoms with Gasteiger partial charge >= 0.3 is 0 Å². The lowest BCUT2D eigenvalue weighted by Gasteiger charge is -2.25. The first kappa shape index (κ1) is 14.3. The first-order valence-corrected chi connectivity index (χ1v) is 6.32. The molecule has 1 heterocycles. The van der Waals surface area contributed by atoms with Crippen molar-refractivity contribution in [3.05, 3.63) is 23.7 Å². The molecule has 17 heavy (non-hydrogen) atoms. The zero-order chi connectivity index (χ0) is 12.9. The number of aryl methyl sites for hydroxylation is 1. The SMILES string of the molecule is CCNC(CCC(C)(C)OC)c1occc1C. The fourth-order valence-electron chi connectivity index (χ4n) is 1.91. The number of ether oxygens (including phenoxy) is 1. The van der Waals surface area contributed by atoms with Gasteiger partial charge in [0.25, 0.3) is 0 Å². The molecule has 0 aliphatic carbocycles. The second-order valence-electron chi connectivity index (χ2n) is 5.08. The van der Waals surface area contributed by atoms with Gasteiger partial charge in [0.2, 0.25) is 0 Å². The Labute approximate surface area is 105 Å². The van der Waals surface area contributed by atoms with Crippen LogP contribution < -0.4 is 5.32 Å². The average molecular weight is 239 g/mol. The minimum Gasteiger partial charge on any atom is -0.467 e. The Morgan fingerprint density at radius 2 is 2.18 bits per heavy atom. The lowest BCUT2D eigenvalue weighted by atomic mass is 9.96. The van der Waals surface area contributed by atoms with Crippen molar-refractivity contribution in [2.75, 3.05) is 13.7 Å². The third-order valence-electron chi connectivity index (χ3n) is 3.26. The Bertz CT molecular complexity index is 331. The summed E-state index contributed by atoms with van der Waals surface area (Å²) in [6.07, 6.45) is 3.78. The lowest BCUT2D eigenvalue weighted by Crippen LogP contribution is -2.27. The van der Waals surface area contributed by atoms with Gasteiger partial charge in [0, 0.05) is 7.11 Å². The minimum atomic E-state index is -0.0752. The maximum Gasteiger partial charge on any atom is 0.123 e. The molecule has 0 spiro atoms. The standard InChI is InChI=1S/C14H25NO2/c1-6-15-12(7-9-14(3,4)16-5)13-11(2)8-10-17-13/h8,10,12,15H,6-7,9H2,1-5H3. The molecule has 0 aliphatic rings. The Hall–Kier alpha value is -0.800. The van der Waals surface area contributed by atoms with E-state index in [-0.39, 0.29) is 11.6 Å². The third kappa shape index (κ3) is 4.17. The number of nitrogens with one attached hydrogen (secondary N) is 1. The summed E-state index contributed by atoms with van der Waals surface area (Å²) >= 11 is 0. The summed E-state index contributed by atoms with van der Waals surface area (Å²) in [5.74, 6) is 1.05. The third-order valence-corrected chi connectivity index (χ3v) is 3.26. The molecule has 98 valence electrons. The van der Waals surface area contributed by atoms with Gasteiger partial charge in [-0.15, -0.1) is 0 Å². The van der Waals surface area contributed by atoms with Crippen LogP contribution in [-0.2, 0) is 4.74 Å². The Balaban J connectivity index is 2.65. The largest absolute Gasteiger partial charge is 0.467 e. The topological polar surface area (TPSA) is 34.4 Å². The normalized spacial score (nSPS) is 13.9. The first-order chi connectivity index (χ1) is 8.00. The molecular weight excluding hydrogens is 214 g/mol. The summed E-state index contributed by atoms with van der Waals surface area (Å²) in [6.45, 7) is 9.38. The molecule has 3 heteroatoms. The van der Waals surface area contributed by atoms with Crippen molar-refractivity contribution in [1.82, 2.24) is 5.32 Å². The molecule has 0 aliphatic heterocycles. The van der Waals surface area contributed by atoms with Crippen LogP contribution in [0.25, 0.3) is 0 Å². The van der Waals surface area contributed by atoms with Gasteiger partial charge < -0.3 is 14.5 Å². The molecule has 1 rings (SSSR count). The summed E-state index contributed by atoms with van der Waals surface area (Å²) < 4.78 is 11.0. The monoisotopic (exact) mass is 239 g/mol. The molecule has 0 bridgehead atoms. The summed E-state index contributed by atoms with van der Waals surface area (Å²) in [5.41, 5.74) is 1.14. The molecular formula is C14H25NO2. The van der Waals surface area contributed by atoms with E-state index in [1.807, 2.05) is 6.07 Å². The molecule has 0 amide bonds. The van der Waals surface area contributed by atoms with Gasteiger partial charge in [0.1, 0.15) is 5.76 Å². The predicted molar refractivity (Wildman–Crippen MR) is 70.2 cm³/mol. The number of hydrogen-bond donors (Lipinski definition) is 1. The maximum atomic E-state index is 5.57. The minimum absolute atomic E-state index is 0.0752. The van der Waals surface area contributed by atoms with Gasteiger partial charge in [0.05, 0.1) is 17.9 Å². The van der Waals surface area contributed by atoms with E-state index in [9.17, 15) is 0 Å². The van der Waals surface area contributed by atoms with Crippen LogP contribution >= 0.6 is 0 Å². The van der Waals surface area contributed by atoms with E-state index in [0.717, 1.165) is 25.1 Å². The van der Waals surface area contributed by atoms with Crippen LogP contribution in [0.5, 0.6) is 0 Å². The molecule has 1 N–H and O–H groups in total. The van der Waals surface area contributed by atoms with Gasteiger partial charge in [-0.2, -0.15) is 0 Å². The number of furan rings is 1. The summed E-state index contributed by atoms with van der Waals surface area (Å²) in [6, 6.07) is 2.30. The highest BCUT2D eigenvalue weighted by molar-refractivity contribution is 5.18. The second kappa shape index (κ2) is 6.22. The highest BCUT2D eigenvalue weighted by Crippen LogP contribution is 2.26. The molecule has 0 aromatic carbocycles. The van der Waals surface area contributed by atoms with Crippen LogP contribution in [0.1, 0.15) is 51.0 Å². The van der Waals surface area contributed by atoms with Gasteiger partial charge in [-0.1, -0.05) is 6.92 Å². The van der Waals surface area contributed by atoms with E-state index in [2.05, 4.69) is 33.0 Å². The van der Waals surface area contributed by atoms with Crippen molar-refractivity contribution in [1.29, 1.82) is 0 Å². The van der Waals surface area contributed by atoms with Crippen LogP contribution in [0.15, 0.2) is 16.7 Å². The second-order valence-corrected chi connectivity index (χ2v) is 5.08. The molecule has 0 fully saturated rings. The number of hydrogen-bond acceptors (Lipinski definition) is 3. The fraction of sp³-hybridized carbons (Fsp3) is 0.714. The van der Waals surface area contributed by atoms with E-state index >= 15 is 0 Å². The van der Waals surface area contributed by atoms with Gasteiger partial charge in [-0.25, -0.2) is 0 Å². The van der Waals surface area contributed by atoms with Crippen LogP contribution in [0.2, 0.25) is 0 Å². The van der Waals surface area contributed by atoms with Crippen LogP contribution in [0, 0.1) is 6.92 Å². The van der Waals surface area contributed by atoms with E-state index < -0.39 is 0 Å². The molecule has 1 atom stereocenters. The van der Waals surface area contributed by atoms with Crippen LogP contribution in [-0.4, -0.2) is 19.3 Å². The fourth-order valence-corrected chi connectivity index (χ4v) is 1.91. The van der Waals surface area contributed by atoms with E-state index in [1.54, 1.807) is 13.4 Å². The quantitative estimate of drug-likeness (QED) is 0.791. The summed E-state index contributed by atoms with van der Waals surface area (Å²) in [5, 5.41) is 3.47. The molecule has 0 saturated carbocycles. The van der Waals surface area contributed by atoms with E-state index in [1.165, 1.54) is 5.56 Å².